The highest BCUT2D eigenvalue weighted by molar-refractivity contribution is 14.0. The molecule has 1 aromatic carbocycles. The lowest BCUT2D eigenvalue weighted by Crippen LogP contribution is -2.42. The van der Waals surface area contributed by atoms with Crippen LogP contribution in [0.1, 0.15) is 37.0 Å². The van der Waals surface area contributed by atoms with E-state index in [0.717, 1.165) is 29.8 Å². The highest BCUT2D eigenvalue weighted by atomic mass is 127. The van der Waals surface area contributed by atoms with E-state index in [-0.39, 0.29) is 29.9 Å². The second kappa shape index (κ2) is 12.6. The summed E-state index contributed by atoms with van der Waals surface area (Å²) in [6.45, 7) is 5.63. The Kier molecular flexibility index (Phi) is 12.1. The SMILES string of the molecule is CCC(C)NC(=NC)NCCCNC(=O)c1cccc(Br)c1.I. The van der Waals surface area contributed by atoms with Gasteiger partial charge in [0.15, 0.2) is 5.96 Å². The molecule has 7 heteroatoms. The first-order chi connectivity index (χ1) is 10.6. The van der Waals surface area contributed by atoms with Gasteiger partial charge in [-0.05, 0) is 38.0 Å². The maximum absolute atomic E-state index is 11.9. The first-order valence-corrected chi connectivity index (χ1v) is 8.37. The van der Waals surface area contributed by atoms with E-state index in [2.05, 4.69) is 50.7 Å². The van der Waals surface area contributed by atoms with Crippen molar-refractivity contribution in [2.45, 2.75) is 32.7 Å². The summed E-state index contributed by atoms with van der Waals surface area (Å²) in [5, 5.41) is 9.44. The van der Waals surface area contributed by atoms with E-state index in [9.17, 15) is 4.79 Å². The van der Waals surface area contributed by atoms with Crippen LogP contribution < -0.4 is 16.0 Å². The van der Waals surface area contributed by atoms with Crippen LogP contribution in [0.3, 0.4) is 0 Å². The molecule has 1 unspecified atom stereocenters. The Morgan fingerprint density at radius 2 is 2.00 bits per heavy atom. The zero-order chi connectivity index (χ0) is 16.4. The predicted octanol–water partition coefficient (Wildman–Crippen LogP) is 3.15. The molecule has 0 aliphatic heterocycles. The van der Waals surface area contributed by atoms with Gasteiger partial charge in [-0.2, -0.15) is 0 Å². The molecule has 0 saturated carbocycles. The number of halogens is 2. The molecule has 1 amide bonds. The van der Waals surface area contributed by atoms with Gasteiger partial charge in [0.05, 0.1) is 0 Å². The van der Waals surface area contributed by atoms with E-state index < -0.39 is 0 Å². The summed E-state index contributed by atoms with van der Waals surface area (Å²) in [5.41, 5.74) is 0.664. The lowest BCUT2D eigenvalue weighted by Gasteiger charge is -2.16. The van der Waals surface area contributed by atoms with Gasteiger partial charge in [0.1, 0.15) is 0 Å². The average molecular weight is 497 g/mol. The smallest absolute Gasteiger partial charge is 0.251 e. The fourth-order valence-electron chi connectivity index (χ4n) is 1.76. The molecule has 23 heavy (non-hydrogen) atoms. The van der Waals surface area contributed by atoms with Gasteiger partial charge in [-0.3, -0.25) is 9.79 Å². The molecule has 0 aliphatic carbocycles. The van der Waals surface area contributed by atoms with Gasteiger partial charge >= 0.3 is 0 Å². The lowest BCUT2D eigenvalue weighted by atomic mass is 10.2. The molecule has 0 aliphatic rings. The van der Waals surface area contributed by atoms with E-state index in [0.29, 0.717) is 18.2 Å². The van der Waals surface area contributed by atoms with Crippen molar-refractivity contribution in [2.75, 3.05) is 20.1 Å². The van der Waals surface area contributed by atoms with Crippen LogP contribution in [-0.4, -0.2) is 38.0 Å². The van der Waals surface area contributed by atoms with Crippen LogP contribution in [0.5, 0.6) is 0 Å². The van der Waals surface area contributed by atoms with Crippen molar-refractivity contribution in [2.24, 2.45) is 4.99 Å². The predicted molar refractivity (Wildman–Crippen MR) is 111 cm³/mol. The Bertz CT molecular complexity index is 511. The Hall–Kier alpha value is -0.830. The molecule has 1 aromatic rings. The molecule has 0 bridgehead atoms. The number of amides is 1. The third-order valence-corrected chi connectivity index (χ3v) is 3.73. The number of guanidine groups is 1. The second-order valence-corrected chi connectivity index (χ2v) is 5.99. The summed E-state index contributed by atoms with van der Waals surface area (Å²) >= 11 is 3.36. The number of rotatable bonds is 7. The van der Waals surface area contributed by atoms with Crippen molar-refractivity contribution < 1.29 is 4.79 Å². The van der Waals surface area contributed by atoms with E-state index in [1.54, 1.807) is 13.1 Å². The summed E-state index contributed by atoms with van der Waals surface area (Å²) in [5.74, 6) is 0.746. The number of hydrogen-bond acceptors (Lipinski definition) is 2. The monoisotopic (exact) mass is 496 g/mol. The molecular formula is C16H26BrIN4O. The maximum atomic E-state index is 11.9. The standard InChI is InChI=1S/C16H25BrN4O.HI/c1-4-12(2)21-16(18-3)20-10-6-9-19-15(22)13-7-5-8-14(17)11-13;/h5,7-8,11-12H,4,6,9-10H2,1-3H3,(H,19,22)(H2,18,20,21);1H. The quantitative estimate of drug-likeness (QED) is 0.235. The Balaban J connectivity index is 0.00000484. The van der Waals surface area contributed by atoms with Crippen LogP contribution in [0.15, 0.2) is 33.7 Å². The van der Waals surface area contributed by atoms with Crippen molar-refractivity contribution in [3.63, 3.8) is 0 Å². The van der Waals surface area contributed by atoms with Crippen LogP contribution in [0.4, 0.5) is 0 Å². The van der Waals surface area contributed by atoms with Gasteiger partial charge in [0.25, 0.3) is 5.91 Å². The second-order valence-electron chi connectivity index (χ2n) is 5.07. The average Bonchev–Trinajstić information content (AvgIpc) is 2.52. The first-order valence-electron chi connectivity index (χ1n) is 7.57. The molecule has 0 spiro atoms. The number of carbonyl (C=O) groups excluding carboxylic acids is 1. The van der Waals surface area contributed by atoms with Crippen LogP contribution in [0.25, 0.3) is 0 Å². The van der Waals surface area contributed by atoms with Crippen LogP contribution in [0.2, 0.25) is 0 Å². The molecule has 0 radical (unpaired) electrons. The van der Waals surface area contributed by atoms with Crippen molar-refractivity contribution in [1.29, 1.82) is 0 Å². The molecule has 0 fully saturated rings. The summed E-state index contributed by atoms with van der Waals surface area (Å²) in [6.07, 6.45) is 1.88. The van der Waals surface area contributed by atoms with Crippen LogP contribution >= 0.6 is 39.9 Å². The largest absolute Gasteiger partial charge is 0.356 e. The summed E-state index contributed by atoms with van der Waals surface area (Å²) in [7, 11) is 1.76. The first kappa shape index (κ1) is 22.2. The minimum absolute atomic E-state index is 0. The van der Waals surface area contributed by atoms with Gasteiger partial charge < -0.3 is 16.0 Å². The lowest BCUT2D eigenvalue weighted by molar-refractivity contribution is 0.0953. The van der Waals surface area contributed by atoms with Crippen molar-refractivity contribution in [3.05, 3.63) is 34.3 Å². The topological polar surface area (TPSA) is 65.5 Å². The zero-order valence-corrected chi connectivity index (χ0v) is 17.8. The normalized spacial score (nSPS) is 12.1. The maximum Gasteiger partial charge on any atom is 0.251 e. The van der Waals surface area contributed by atoms with Crippen molar-refractivity contribution in [3.8, 4) is 0 Å². The minimum Gasteiger partial charge on any atom is -0.356 e. The highest BCUT2D eigenvalue weighted by Gasteiger charge is 2.05. The van der Waals surface area contributed by atoms with Gasteiger partial charge in [-0.25, -0.2) is 0 Å². The van der Waals surface area contributed by atoms with Crippen molar-refractivity contribution >= 4 is 51.8 Å². The number of hydrogen-bond donors (Lipinski definition) is 3. The van der Waals surface area contributed by atoms with Gasteiger partial charge in [0, 0.05) is 36.2 Å². The molecule has 0 saturated heterocycles. The summed E-state index contributed by atoms with van der Waals surface area (Å²) in [4.78, 5) is 16.1. The Labute approximate surface area is 164 Å². The molecule has 1 atom stereocenters. The van der Waals surface area contributed by atoms with E-state index in [1.807, 2.05) is 18.2 Å². The van der Waals surface area contributed by atoms with Gasteiger partial charge in [0.2, 0.25) is 0 Å². The number of aliphatic imine (C=N–C) groups is 1. The molecular weight excluding hydrogens is 471 g/mol. The molecule has 0 heterocycles. The molecule has 3 N–H and O–H groups in total. The minimum atomic E-state index is -0.0524. The third-order valence-electron chi connectivity index (χ3n) is 3.24. The van der Waals surface area contributed by atoms with E-state index >= 15 is 0 Å². The number of nitrogens with zero attached hydrogens (tertiary/aromatic N) is 1. The molecule has 5 nitrogen and oxygen atoms in total. The van der Waals surface area contributed by atoms with E-state index in [4.69, 9.17) is 0 Å². The van der Waals surface area contributed by atoms with Crippen molar-refractivity contribution in [1.82, 2.24) is 16.0 Å². The number of nitrogens with one attached hydrogen (secondary N) is 3. The molecule has 1 rings (SSSR count). The summed E-state index contributed by atoms with van der Waals surface area (Å²) in [6, 6.07) is 7.76. The molecule has 0 aromatic heterocycles. The fraction of sp³-hybridized carbons (Fsp3) is 0.500. The van der Waals surface area contributed by atoms with E-state index in [1.165, 1.54) is 0 Å². The van der Waals surface area contributed by atoms with Crippen LogP contribution in [0, 0.1) is 0 Å². The van der Waals surface area contributed by atoms with Gasteiger partial charge in [-0.1, -0.05) is 28.9 Å². The molecule has 130 valence electrons. The zero-order valence-electron chi connectivity index (χ0n) is 13.9. The third kappa shape index (κ3) is 9.14. The summed E-state index contributed by atoms with van der Waals surface area (Å²) < 4.78 is 0.904. The number of carbonyl (C=O) groups is 1. The van der Waals surface area contributed by atoms with Gasteiger partial charge in [-0.15, -0.1) is 24.0 Å². The fourth-order valence-corrected chi connectivity index (χ4v) is 2.16. The Morgan fingerprint density at radius 1 is 1.30 bits per heavy atom. The highest BCUT2D eigenvalue weighted by Crippen LogP contribution is 2.11. The Morgan fingerprint density at radius 3 is 2.61 bits per heavy atom. The van der Waals surface area contributed by atoms with Crippen LogP contribution in [-0.2, 0) is 0 Å². The number of benzene rings is 1.